The van der Waals surface area contributed by atoms with Crippen molar-refractivity contribution in [3.05, 3.63) is 65.2 Å². The summed E-state index contributed by atoms with van der Waals surface area (Å²) in [5, 5.41) is 4.19. The summed E-state index contributed by atoms with van der Waals surface area (Å²) in [5.74, 6) is 0. The molecule has 0 heterocycles. The highest BCUT2D eigenvalue weighted by molar-refractivity contribution is 5.98. The van der Waals surface area contributed by atoms with Crippen molar-refractivity contribution < 1.29 is 19.1 Å². The Morgan fingerprint density at radius 3 is 2.58 bits per heavy atom. The lowest BCUT2D eigenvalue weighted by atomic mass is 10.1. The number of oxime groups is 1. The minimum Gasteiger partial charge on any atom is -0.452 e. The molecule has 2 aromatic rings. The van der Waals surface area contributed by atoms with E-state index >= 15 is 0 Å². The van der Waals surface area contributed by atoms with E-state index in [0.29, 0.717) is 5.69 Å². The topological polar surface area (TPSA) is 60.4 Å². The molecule has 0 atom stereocenters. The van der Waals surface area contributed by atoms with Gasteiger partial charge >= 0.3 is 6.09 Å². The average Bonchev–Trinajstić information content (AvgIpc) is 2.66. The summed E-state index contributed by atoms with van der Waals surface area (Å²) in [6, 6.07) is 15.5. The van der Waals surface area contributed by atoms with Gasteiger partial charge in [-0.3, -0.25) is 4.90 Å². The highest BCUT2D eigenvalue weighted by Crippen LogP contribution is 2.22. The average molecular weight is 356 g/mol. The van der Waals surface area contributed by atoms with Crippen LogP contribution in [0.5, 0.6) is 0 Å². The molecule has 0 saturated carbocycles. The number of para-hydroxylation sites is 1. The summed E-state index contributed by atoms with van der Waals surface area (Å²) in [6.07, 6.45) is -0.501. The van der Waals surface area contributed by atoms with Gasteiger partial charge in [0.15, 0.2) is 0 Å². The Kier molecular flexibility index (Phi) is 7.17. The van der Waals surface area contributed by atoms with Crippen LogP contribution in [0.15, 0.2) is 53.7 Å². The summed E-state index contributed by atoms with van der Waals surface area (Å²) >= 11 is 0. The van der Waals surface area contributed by atoms with Gasteiger partial charge in [0.1, 0.15) is 13.3 Å². The number of aryl methyl sites for hydroxylation is 1. The second-order valence-corrected chi connectivity index (χ2v) is 5.76. The third kappa shape index (κ3) is 5.07. The van der Waals surface area contributed by atoms with Crippen LogP contribution in [0.3, 0.4) is 0 Å². The van der Waals surface area contributed by atoms with Crippen molar-refractivity contribution in [2.24, 2.45) is 5.16 Å². The number of nitrogens with zero attached hydrogens (tertiary/aromatic N) is 2. The zero-order chi connectivity index (χ0) is 18.9. The van der Waals surface area contributed by atoms with Crippen molar-refractivity contribution in [2.75, 3.05) is 25.9 Å². The van der Waals surface area contributed by atoms with Crippen molar-refractivity contribution in [2.45, 2.75) is 20.5 Å². The molecule has 0 radical (unpaired) electrons. The van der Waals surface area contributed by atoms with E-state index in [2.05, 4.69) is 5.16 Å². The van der Waals surface area contributed by atoms with Gasteiger partial charge in [0, 0.05) is 12.7 Å². The Hall–Kier alpha value is -2.86. The molecular formula is C20H24N2O4. The van der Waals surface area contributed by atoms with E-state index in [1.807, 2.05) is 62.4 Å². The summed E-state index contributed by atoms with van der Waals surface area (Å²) < 4.78 is 9.93. The van der Waals surface area contributed by atoms with Gasteiger partial charge in [-0.05, 0) is 25.5 Å². The molecule has 0 fully saturated rings. The predicted octanol–water partition coefficient (Wildman–Crippen LogP) is 4.11. The molecule has 2 aromatic carbocycles. The van der Waals surface area contributed by atoms with Crippen LogP contribution in [0.1, 0.15) is 23.6 Å². The molecule has 6 heteroatoms. The van der Waals surface area contributed by atoms with E-state index in [1.54, 1.807) is 0 Å². The van der Waals surface area contributed by atoms with Gasteiger partial charge in [-0.15, -0.1) is 0 Å². The lowest BCUT2D eigenvalue weighted by Crippen LogP contribution is -2.33. The molecular weight excluding hydrogens is 332 g/mol. The lowest BCUT2D eigenvalue weighted by molar-refractivity contribution is 0.129. The van der Waals surface area contributed by atoms with Crippen molar-refractivity contribution in [3.63, 3.8) is 0 Å². The quantitative estimate of drug-likeness (QED) is 0.425. The molecule has 0 aliphatic rings. The molecule has 26 heavy (non-hydrogen) atoms. The first-order valence-electron chi connectivity index (χ1n) is 8.22. The first-order chi connectivity index (χ1) is 12.6. The second kappa shape index (κ2) is 9.58. The van der Waals surface area contributed by atoms with Crippen molar-refractivity contribution in [1.82, 2.24) is 0 Å². The third-order valence-electron chi connectivity index (χ3n) is 3.79. The first kappa shape index (κ1) is 19.5. The maximum atomic E-state index is 12.0. The van der Waals surface area contributed by atoms with Gasteiger partial charge in [-0.2, -0.15) is 0 Å². The highest BCUT2D eigenvalue weighted by atomic mass is 16.6. The first-order valence-corrected chi connectivity index (χ1v) is 8.22. The Morgan fingerprint density at radius 2 is 1.88 bits per heavy atom. The second-order valence-electron chi connectivity index (χ2n) is 5.76. The van der Waals surface area contributed by atoms with Crippen LogP contribution in [0.25, 0.3) is 0 Å². The number of amides is 1. The molecule has 138 valence electrons. The maximum Gasteiger partial charge on any atom is 0.415 e. The van der Waals surface area contributed by atoms with Gasteiger partial charge < -0.3 is 14.3 Å². The van der Waals surface area contributed by atoms with Crippen molar-refractivity contribution in [1.29, 1.82) is 0 Å². The number of carbonyl (C=O) groups is 1. The zero-order valence-corrected chi connectivity index (χ0v) is 15.6. The van der Waals surface area contributed by atoms with Gasteiger partial charge in [-0.1, -0.05) is 53.2 Å². The van der Waals surface area contributed by atoms with Crippen LogP contribution in [-0.4, -0.2) is 32.8 Å². The zero-order valence-electron chi connectivity index (χ0n) is 15.6. The largest absolute Gasteiger partial charge is 0.452 e. The molecule has 6 nitrogen and oxygen atoms in total. The number of rotatable bonds is 7. The molecule has 0 aliphatic carbocycles. The van der Waals surface area contributed by atoms with Gasteiger partial charge in [-0.25, -0.2) is 4.79 Å². The fourth-order valence-electron chi connectivity index (χ4n) is 2.48. The molecule has 0 N–H and O–H groups in total. The number of benzene rings is 2. The van der Waals surface area contributed by atoms with Crippen LogP contribution < -0.4 is 4.90 Å². The van der Waals surface area contributed by atoms with Crippen LogP contribution in [0.4, 0.5) is 10.5 Å². The van der Waals surface area contributed by atoms with Gasteiger partial charge in [0.25, 0.3) is 0 Å². The summed E-state index contributed by atoms with van der Waals surface area (Å²) in [4.78, 5) is 18.9. The Morgan fingerprint density at radius 1 is 1.12 bits per heavy atom. The highest BCUT2D eigenvalue weighted by Gasteiger charge is 2.19. The lowest BCUT2D eigenvalue weighted by Gasteiger charge is -2.22. The molecule has 2 rings (SSSR count). The Balaban J connectivity index is 2.15. The van der Waals surface area contributed by atoms with E-state index in [9.17, 15) is 4.79 Å². The van der Waals surface area contributed by atoms with Crippen LogP contribution >= 0.6 is 0 Å². The maximum absolute atomic E-state index is 12.0. The summed E-state index contributed by atoms with van der Waals surface area (Å²) in [7, 11) is 2.85. The third-order valence-corrected chi connectivity index (χ3v) is 3.79. The minimum absolute atomic E-state index is 0.0786. The van der Waals surface area contributed by atoms with Crippen molar-refractivity contribution in [3.8, 4) is 0 Å². The summed E-state index contributed by atoms with van der Waals surface area (Å²) in [6.45, 7) is 4.23. The molecule has 0 saturated heterocycles. The molecule has 0 bridgehead atoms. The van der Waals surface area contributed by atoms with E-state index in [1.165, 1.54) is 19.1 Å². The number of ether oxygens (including phenoxy) is 2. The van der Waals surface area contributed by atoms with Crippen LogP contribution in [0.2, 0.25) is 0 Å². The molecule has 1 amide bonds. The fraction of sp³-hybridized carbons (Fsp3) is 0.300. The standard InChI is InChI=1S/C20H24N2O4/c1-15-8-7-10-17(12-15)16(2)21-26-13-18-9-5-6-11-19(18)22(14-24-3)20(23)25-4/h5-12H,13-14H2,1-4H3. The number of hydrogen-bond donors (Lipinski definition) is 0. The molecule has 0 aliphatic heterocycles. The molecule has 0 unspecified atom stereocenters. The summed E-state index contributed by atoms with van der Waals surface area (Å²) in [5.41, 5.74) is 4.41. The van der Waals surface area contributed by atoms with E-state index in [4.69, 9.17) is 14.3 Å². The number of hydrogen-bond acceptors (Lipinski definition) is 5. The van der Waals surface area contributed by atoms with Crippen LogP contribution in [0, 0.1) is 6.92 Å². The normalized spacial score (nSPS) is 11.2. The van der Waals surface area contributed by atoms with Gasteiger partial charge in [0.05, 0.1) is 18.5 Å². The molecule has 0 spiro atoms. The fourth-order valence-corrected chi connectivity index (χ4v) is 2.48. The van der Waals surface area contributed by atoms with Crippen LogP contribution in [-0.2, 0) is 20.9 Å². The predicted molar refractivity (Wildman–Crippen MR) is 101 cm³/mol. The smallest absolute Gasteiger partial charge is 0.415 e. The number of carbonyl (C=O) groups excluding carboxylic acids is 1. The van der Waals surface area contributed by atoms with Crippen molar-refractivity contribution >= 4 is 17.5 Å². The Labute approximate surface area is 154 Å². The molecule has 0 aromatic heterocycles. The number of methoxy groups -OCH3 is 2. The van der Waals surface area contributed by atoms with Gasteiger partial charge in [0.2, 0.25) is 0 Å². The Bertz CT molecular complexity index is 774. The van der Waals surface area contributed by atoms with E-state index in [-0.39, 0.29) is 13.3 Å². The minimum atomic E-state index is -0.501. The van der Waals surface area contributed by atoms with E-state index in [0.717, 1.165) is 22.4 Å². The monoisotopic (exact) mass is 356 g/mol. The number of anilines is 1. The van der Waals surface area contributed by atoms with E-state index < -0.39 is 6.09 Å². The SMILES string of the molecule is COCN(C(=O)OC)c1ccccc1CON=C(C)c1cccc(C)c1.